The van der Waals surface area contributed by atoms with Crippen LogP contribution in [0.3, 0.4) is 0 Å². The van der Waals surface area contributed by atoms with Gasteiger partial charge in [0.05, 0.1) is 9.80 Å². The topological polar surface area (TPSA) is 60.4 Å². The zero-order valence-electron chi connectivity index (χ0n) is 20.9. The zero-order chi connectivity index (χ0) is 24.6. The molecular weight excluding hydrogens is 432 g/mol. The number of allylic oxidation sites excluding steroid dienone is 6. The largest absolute Gasteiger partial charge is 0.462 e. The summed E-state index contributed by atoms with van der Waals surface area (Å²) in [5.41, 5.74) is 3.98. The van der Waals surface area contributed by atoms with E-state index in [0.29, 0.717) is 9.80 Å². The first kappa shape index (κ1) is 26.8. The van der Waals surface area contributed by atoms with E-state index in [1.807, 2.05) is 32.1 Å². The molecule has 1 aliphatic rings. The summed E-state index contributed by atoms with van der Waals surface area (Å²) in [7, 11) is -3.66. The maximum Gasteiger partial charge on any atom is 0.302 e. The average molecular weight is 471 g/mol. The van der Waals surface area contributed by atoms with Gasteiger partial charge in [0, 0.05) is 6.92 Å². The van der Waals surface area contributed by atoms with Crippen LogP contribution in [0.1, 0.15) is 73.6 Å². The molecule has 1 aliphatic carbocycles. The van der Waals surface area contributed by atoms with Crippen molar-refractivity contribution >= 4 is 15.8 Å². The number of carbonyl (C=O) groups is 1. The normalized spacial score (nSPS) is 17.8. The number of sulfone groups is 1. The molecule has 0 saturated heterocycles. The summed E-state index contributed by atoms with van der Waals surface area (Å²) in [6.07, 6.45) is 10.4. The smallest absolute Gasteiger partial charge is 0.302 e. The third kappa shape index (κ3) is 7.56. The molecule has 1 aromatic carbocycles. The second kappa shape index (κ2) is 11.6. The highest BCUT2D eigenvalue weighted by Gasteiger charge is 2.36. The molecule has 0 bridgehead atoms. The monoisotopic (exact) mass is 470 g/mol. The fourth-order valence-corrected chi connectivity index (χ4v) is 6.20. The van der Waals surface area contributed by atoms with Crippen LogP contribution >= 0.6 is 0 Å². The molecule has 0 fully saturated rings. The number of esters is 1. The van der Waals surface area contributed by atoms with Gasteiger partial charge in [0.15, 0.2) is 0 Å². The van der Waals surface area contributed by atoms with Crippen molar-refractivity contribution in [3.05, 3.63) is 75.8 Å². The molecule has 4 nitrogen and oxygen atoms in total. The SMILES string of the molecule is CC(=O)OCC=C(C)CCC=C(C)C=C(C1=C(C)CCCC1(C)C)S(=O)(=O)c1ccccc1. The molecule has 33 heavy (non-hydrogen) atoms. The minimum atomic E-state index is -3.66. The van der Waals surface area contributed by atoms with Gasteiger partial charge in [0.1, 0.15) is 6.61 Å². The van der Waals surface area contributed by atoms with Crippen LogP contribution in [0.15, 0.2) is 80.7 Å². The average Bonchev–Trinajstić information content (AvgIpc) is 2.72. The first-order valence-corrected chi connectivity index (χ1v) is 13.1. The van der Waals surface area contributed by atoms with Crippen LogP contribution in [0.5, 0.6) is 0 Å². The molecule has 0 aromatic heterocycles. The second-order valence-corrected chi connectivity index (χ2v) is 11.5. The van der Waals surface area contributed by atoms with Gasteiger partial charge in [0.25, 0.3) is 0 Å². The van der Waals surface area contributed by atoms with Crippen LogP contribution in [0.4, 0.5) is 0 Å². The van der Waals surface area contributed by atoms with Crippen LogP contribution < -0.4 is 0 Å². The standard InChI is InChI=1S/C28H38O4S/c1-21(17-19-32-24(4)29)12-10-13-22(2)20-26(27-23(3)14-11-18-28(27,5)6)33(30,31)25-15-8-7-9-16-25/h7-9,13,15-17,20H,10-12,14,18-19H2,1-6H3. The minimum absolute atomic E-state index is 0.202. The Labute approximate surface area is 200 Å². The molecule has 0 heterocycles. The molecule has 0 unspecified atom stereocenters. The Hall–Kier alpha value is -2.40. The van der Waals surface area contributed by atoms with Crippen molar-refractivity contribution in [2.24, 2.45) is 5.41 Å². The van der Waals surface area contributed by atoms with Crippen LogP contribution in [-0.4, -0.2) is 21.0 Å². The van der Waals surface area contributed by atoms with Crippen LogP contribution in [0, 0.1) is 5.41 Å². The summed E-state index contributed by atoms with van der Waals surface area (Å²) in [5, 5.41) is 0. The van der Waals surface area contributed by atoms with Gasteiger partial charge in [0.2, 0.25) is 9.84 Å². The molecule has 0 radical (unpaired) electrons. The van der Waals surface area contributed by atoms with Crippen molar-refractivity contribution in [3.8, 4) is 0 Å². The molecule has 0 aliphatic heterocycles. The van der Waals surface area contributed by atoms with Crippen LogP contribution in [0.2, 0.25) is 0 Å². The van der Waals surface area contributed by atoms with E-state index < -0.39 is 9.84 Å². The fourth-order valence-electron chi connectivity index (χ4n) is 4.37. The summed E-state index contributed by atoms with van der Waals surface area (Å²) in [6, 6.07) is 8.72. The quantitative estimate of drug-likeness (QED) is 0.219. The maximum absolute atomic E-state index is 13.8. The predicted octanol–water partition coefficient (Wildman–Crippen LogP) is 7.11. The van der Waals surface area contributed by atoms with Crippen molar-refractivity contribution in [2.45, 2.75) is 78.5 Å². The highest BCUT2D eigenvalue weighted by molar-refractivity contribution is 7.95. The van der Waals surface area contributed by atoms with E-state index in [4.69, 9.17) is 4.74 Å². The van der Waals surface area contributed by atoms with E-state index in [9.17, 15) is 13.2 Å². The number of ether oxygens (including phenoxy) is 1. The van der Waals surface area contributed by atoms with Gasteiger partial charge in [-0.15, -0.1) is 0 Å². The molecular formula is C28H38O4S. The highest BCUT2D eigenvalue weighted by Crippen LogP contribution is 2.46. The third-order valence-corrected chi connectivity index (χ3v) is 7.92. The van der Waals surface area contributed by atoms with Gasteiger partial charge in [-0.05, 0) is 88.1 Å². The van der Waals surface area contributed by atoms with E-state index in [-0.39, 0.29) is 18.0 Å². The first-order chi connectivity index (χ1) is 15.4. The lowest BCUT2D eigenvalue weighted by molar-refractivity contribution is -0.139. The van der Waals surface area contributed by atoms with Crippen LogP contribution in [-0.2, 0) is 19.4 Å². The van der Waals surface area contributed by atoms with Gasteiger partial charge in [-0.2, -0.15) is 0 Å². The van der Waals surface area contributed by atoms with E-state index in [1.165, 1.54) is 6.92 Å². The summed E-state index contributed by atoms with van der Waals surface area (Å²) in [5.74, 6) is -0.290. The number of carbonyl (C=O) groups excluding carboxylic acids is 1. The summed E-state index contributed by atoms with van der Waals surface area (Å²) in [4.78, 5) is 11.6. The Morgan fingerprint density at radius 3 is 2.36 bits per heavy atom. The van der Waals surface area contributed by atoms with E-state index >= 15 is 0 Å². The number of benzene rings is 1. The molecule has 2 rings (SSSR count). The molecule has 180 valence electrons. The maximum atomic E-state index is 13.8. The number of rotatable bonds is 9. The predicted molar refractivity (Wildman–Crippen MR) is 135 cm³/mol. The Bertz CT molecular complexity index is 1070. The van der Waals surface area contributed by atoms with E-state index in [2.05, 4.69) is 26.8 Å². The van der Waals surface area contributed by atoms with Gasteiger partial charge in [-0.3, -0.25) is 4.79 Å². The summed E-state index contributed by atoms with van der Waals surface area (Å²) >= 11 is 0. The lowest BCUT2D eigenvalue weighted by atomic mass is 9.72. The lowest BCUT2D eigenvalue weighted by Crippen LogP contribution is -2.25. The van der Waals surface area contributed by atoms with Crippen molar-refractivity contribution in [1.29, 1.82) is 0 Å². The Morgan fingerprint density at radius 1 is 1.09 bits per heavy atom. The third-order valence-electron chi connectivity index (χ3n) is 6.13. The van der Waals surface area contributed by atoms with Gasteiger partial charge < -0.3 is 4.74 Å². The van der Waals surface area contributed by atoms with Crippen molar-refractivity contribution < 1.29 is 17.9 Å². The van der Waals surface area contributed by atoms with Crippen molar-refractivity contribution in [1.82, 2.24) is 0 Å². The Kier molecular flexibility index (Phi) is 9.47. The number of hydrogen-bond acceptors (Lipinski definition) is 4. The molecule has 0 spiro atoms. The van der Waals surface area contributed by atoms with Crippen LogP contribution in [0.25, 0.3) is 0 Å². The Balaban J connectivity index is 2.40. The van der Waals surface area contributed by atoms with E-state index in [1.54, 1.807) is 24.3 Å². The van der Waals surface area contributed by atoms with Gasteiger partial charge in [-0.1, -0.05) is 54.8 Å². The fraction of sp³-hybridized carbons (Fsp3) is 0.464. The molecule has 1 aromatic rings. The minimum Gasteiger partial charge on any atom is -0.462 e. The molecule has 0 atom stereocenters. The second-order valence-electron chi connectivity index (χ2n) is 9.56. The molecule has 0 amide bonds. The lowest BCUT2D eigenvalue weighted by Gasteiger charge is -2.35. The van der Waals surface area contributed by atoms with Gasteiger partial charge in [-0.25, -0.2) is 8.42 Å². The molecule has 0 saturated carbocycles. The Morgan fingerprint density at radius 2 is 1.76 bits per heavy atom. The molecule has 0 N–H and O–H groups in total. The zero-order valence-corrected chi connectivity index (χ0v) is 21.7. The highest BCUT2D eigenvalue weighted by atomic mass is 32.2. The molecule has 5 heteroatoms. The summed E-state index contributed by atoms with van der Waals surface area (Å²) in [6.45, 7) is 12.0. The van der Waals surface area contributed by atoms with Crippen molar-refractivity contribution in [2.75, 3.05) is 6.61 Å². The van der Waals surface area contributed by atoms with Crippen molar-refractivity contribution in [3.63, 3.8) is 0 Å². The van der Waals surface area contributed by atoms with E-state index in [0.717, 1.165) is 54.4 Å². The van der Waals surface area contributed by atoms with Gasteiger partial charge >= 0.3 is 5.97 Å². The summed E-state index contributed by atoms with van der Waals surface area (Å²) < 4.78 is 32.5. The number of hydrogen-bond donors (Lipinski definition) is 0. The first-order valence-electron chi connectivity index (χ1n) is 11.6.